The van der Waals surface area contributed by atoms with Crippen LogP contribution in [-0.4, -0.2) is 18.6 Å². The van der Waals surface area contributed by atoms with E-state index in [0.717, 1.165) is 29.1 Å². The largest absolute Gasteiger partial charge is 0.485 e. The quantitative estimate of drug-likeness (QED) is 0.609. The lowest BCUT2D eigenvalue weighted by Crippen LogP contribution is -2.33. The molecule has 1 N–H and O–H groups in total. The molecule has 5 heteroatoms. The number of nitrogens with one attached hydrogen (secondary N) is 1. The second-order valence-electron chi connectivity index (χ2n) is 7.06. The van der Waals surface area contributed by atoms with E-state index in [1.165, 1.54) is 5.56 Å². The number of benzene rings is 2. The van der Waals surface area contributed by atoms with E-state index in [1.807, 2.05) is 55.5 Å². The van der Waals surface area contributed by atoms with Crippen LogP contribution < -0.4 is 10.1 Å². The maximum Gasteiger partial charge on any atom is 0.136 e. The summed E-state index contributed by atoms with van der Waals surface area (Å²) in [5, 5.41) is 4.10. The molecule has 2 atom stereocenters. The molecule has 2 unspecified atom stereocenters. The predicted octanol–water partition coefficient (Wildman–Crippen LogP) is 5.38. The molecule has 4 rings (SSSR count). The molecular weight excluding hydrogens is 372 g/mol. The Hall–Kier alpha value is -2.56. The zero-order valence-electron chi connectivity index (χ0n) is 16.0. The molecule has 28 heavy (non-hydrogen) atoms. The van der Waals surface area contributed by atoms with Crippen molar-refractivity contribution in [1.82, 2.24) is 4.98 Å². The molecule has 3 aromatic rings. The van der Waals surface area contributed by atoms with E-state index in [2.05, 4.69) is 22.4 Å². The van der Waals surface area contributed by atoms with Crippen molar-refractivity contribution in [1.29, 1.82) is 0 Å². The Kier molecular flexibility index (Phi) is 5.25. The molecule has 0 radical (unpaired) electrons. The molecule has 0 amide bonds. The number of anilines is 1. The van der Waals surface area contributed by atoms with Crippen molar-refractivity contribution in [3.63, 3.8) is 0 Å². The van der Waals surface area contributed by atoms with Crippen molar-refractivity contribution < 1.29 is 9.47 Å². The van der Waals surface area contributed by atoms with Crippen LogP contribution >= 0.6 is 11.6 Å². The van der Waals surface area contributed by atoms with Crippen molar-refractivity contribution >= 4 is 17.4 Å². The van der Waals surface area contributed by atoms with Crippen molar-refractivity contribution in [3.05, 3.63) is 88.6 Å². The van der Waals surface area contributed by atoms with Gasteiger partial charge in [-0.25, -0.2) is 4.98 Å². The lowest BCUT2D eigenvalue weighted by molar-refractivity contribution is 0.000237. The average Bonchev–Trinajstić information content (AvgIpc) is 3.09. The summed E-state index contributed by atoms with van der Waals surface area (Å²) in [7, 11) is 1.75. The minimum Gasteiger partial charge on any atom is -0.485 e. The first-order valence-corrected chi connectivity index (χ1v) is 9.74. The Balaban J connectivity index is 1.67. The van der Waals surface area contributed by atoms with Gasteiger partial charge in [0.05, 0.1) is 12.1 Å². The van der Waals surface area contributed by atoms with Gasteiger partial charge in [-0.15, -0.1) is 0 Å². The van der Waals surface area contributed by atoms with Crippen molar-refractivity contribution in [2.45, 2.75) is 25.0 Å². The molecule has 1 aromatic heterocycles. The first-order valence-electron chi connectivity index (χ1n) is 9.36. The van der Waals surface area contributed by atoms with Gasteiger partial charge in [0.2, 0.25) is 0 Å². The lowest BCUT2D eigenvalue weighted by Gasteiger charge is -2.30. The molecule has 0 saturated heterocycles. The van der Waals surface area contributed by atoms with Gasteiger partial charge < -0.3 is 14.8 Å². The summed E-state index contributed by atoms with van der Waals surface area (Å²) >= 11 is 6.01. The number of halogens is 1. The van der Waals surface area contributed by atoms with Gasteiger partial charge in [0.25, 0.3) is 0 Å². The first kappa shape index (κ1) is 18.8. The number of hydrogen-bond donors (Lipinski definition) is 1. The van der Waals surface area contributed by atoms with E-state index in [1.54, 1.807) is 13.3 Å². The fourth-order valence-electron chi connectivity index (χ4n) is 3.75. The number of nitrogens with zero attached hydrogens (tertiary/aromatic N) is 1. The van der Waals surface area contributed by atoms with E-state index in [-0.39, 0.29) is 6.10 Å². The Morgan fingerprint density at radius 2 is 1.86 bits per heavy atom. The smallest absolute Gasteiger partial charge is 0.136 e. The fourth-order valence-corrected chi connectivity index (χ4v) is 3.87. The molecule has 4 nitrogen and oxygen atoms in total. The molecule has 144 valence electrons. The molecule has 0 fully saturated rings. The Morgan fingerprint density at radius 3 is 2.57 bits per heavy atom. The number of fused-ring (bicyclic) bond motifs is 1. The number of pyridine rings is 1. The van der Waals surface area contributed by atoms with Crippen LogP contribution in [0.2, 0.25) is 5.02 Å². The van der Waals surface area contributed by atoms with E-state index in [0.29, 0.717) is 11.6 Å². The molecule has 1 aliphatic rings. The van der Waals surface area contributed by atoms with Gasteiger partial charge in [-0.2, -0.15) is 0 Å². The van der Waals surface area contributed by atoms with Crippen molar-refractivity contribution in [3.8, 4) is 5.75 Å². The summed E-state index contributed by atoms with van der Waals surface area (Å²) < 4.78 is 12.4. The molecule has 0 spiro atoms. The number of rotatable bonds is 6. The standard InChI is InChI=1S/C23H23ClN2O2/c1-16(18-8-10-19(24)11-9-18)28-20-12-13-25-22-21(20)23(27-2,15-26-22)14-17-6-4-3-5-7-17/h3-13,16H,14-15H2,1-2H3,(H,25,26). The van der Waals surface area contributed by atoms with Crippen molar-refractivity contribution in [2.75, 3.05) is 19.0 Å². The highest BCUT2D eigenvalue weighted by Crippen LogP contribution is 2.45. The second-order valence-corrected chi connectivity index (χ2v) is 7.50. The molecule has 1 aliphatic heterocycles. The summed E-state index contributed by atoms with van der Waals surface area (Å²) in [6, 6.07) is 20.0. The number of hydrogen-bond acceptors (Lipinski definition) is 4. The van der Waals surface area contributed by atoms with Gasteiger partial charge in [-0.1, -0.05) is 54.1 Å². The van der Waals surface area contributed by atoms with Gasteiger partial charge in [-0.3, -0.25) is 0 Å². The van der Waals surface area contributed by atoms with Crippen molar-refractivity contribution in [2.24, 2.45) is 0 Å². The summed E-state index contributed by atoms with van der Waals surface area (Å²) in [4.78, 5) is 4.51. The molecular formula is C23H23ClN2O2. The maximum absolute atomic E-state index is 6.37. The third kappa shape index (κ3) is 3.58. The van der Waals surface area contributed by atoms with Crippen LogP contribution in [0.25, 0.3) is 0 Å². The second kappa shape index (κ2) is 7.82. The van der Waals surface area contributed by atoms with Crippen LogP contribution in [0.5, 0.6) is 5.75 Å². The van der Waals surface area contributed by atoms with Crippen LogP contribution in [0, 0.1) is 0 Å². The van der Waals surface area contributed by atoms with E-state index in [4.69, 9.17) is 21.1 Å². The molecule has 2 heterocycles. The topological polar surface area (TPSA) is 43.4 Å². The maximum atomic E-state index is 6.37. The summed E-state index contributed by atoms with van der Waals surface area (Å²) in [6.07, 6.45) is 2.38. The third-order valence-electron chi connectivity index (χ3n) is 5.28. The highest BCUT2D eigenvalue weighted by molar-refractivity contribution is 6.30. The SMILES string of the molecule is COC1(Cc2ccccc2)CNc2nccc(OC(C)c3ccc(Cl)cc3)c21. The lowest BCUT2D eigenvalue weighted by atomic mass is 9.89. The van der Waals surface area contributed by atoms with Crippen LogP contribution in [0.15, 0.2) is 66.9 Å². The normalized spacial score (nSPS) is 19.0. The highest BCUT2D eigenvalue weighted by Gasteiger charge is 2.43. The zero-order valence-corrected chi connectivity index (χ0v) is 16.7. The molecule has 0 aliphatic carbocycles. The highest BCUT2D eigenvalue weighted by atomic mass is 35.5. The van der Waals surface area contributed by atoms with Crippen LogP contribution in [0.4, 0.5) is 5.82 Å². The van der Waals surface area contributed by atoms with Gasteiger partial charge in [-0.05, 0) is 36.2 Å². The minimum absolute atomic E-state index is 0.129. The van der Waals surface area contributed by atoms with E-state index >= 15 is 0 Å². The molecule has 2 aromatic carbocycles. The van der Waals surface area contributed by atoms with Gasteiger partial charge >= 0.3 is 0 Å². The summed E-state index contributed by atoms with van der Waals surface area (Å²) in [5.74, 6) is 1.61. The molecule has 0 saturated carbocycles. The summed E-state index contributed by atoms with van der Waals surface area (Å²) in [6.45, 7) is 2.68. The predicted molar refractivity (Wildman–Crippen MR) is 112 cm³/mol. The van der Waals surface area contributed by atoms with Gasteiger partial charge in [0.15, 0.2) is 0 Å². The fraction of sp³-hybridized carbons (Fsp3) is 0.261. The van der Waals surface area contributed by atoms with E-state index in [9.17, 15) is 0 Å². The monoisotopic (exact) mass is 394 g/mol. The van der Waals surface area contributed by atoms with Crippen LogP contribution in [0.1, 0.15) is 29.7 Å². The Bertz CT molecular complexity index is 947. The third-order valence-corrected chi connectivity index (χ3v) is 5.53. The van der Waals surface area contributed by atoms with Crippen LogP contribution in [-0.2, 0) is 16.8 Å². The Labute approximate surface area is 170 Å². The Morgan fingerprint density at radius 1 is 1.11 bits per heavy atom. The molecule has 0 bridgehead atoms. The summed E-state index contributed by atoms with van der Waals surface area (Å²) in [5.41, 5.74) is 2.72. The number of ether oxygens (including phenoxy) is 2. The van der Waals surface area contributed by atoms with Gasteiger partial charge in [0.1, 0.15) is 23.3 Å². The number of methoxy groups -OCH3 is 1. The van der Waals surface area contributed by atoms with Crippen LogP contribution in [0.3, 0.4) is 0 Å². The zero-order chi connectivity index (χ0) is 19.6. The average molecular weight is 395 g/mol. The van der Waals surface area contributed by atoms with E-state index < -0.39 is 5.60 Å². The minimum atomic E-state index is -0.528. The number of aromatic nitrogens is 1. The first-order chi connectivity index (χ1) is 13.6. The van der Waals surface area contributed by atoms with Gasteiger partial charge in [0, 0.05) is 24.8 Å².